The summed E-state index contributed by atoms with van der Waals surface area (Å²) >= 11 is 0. The number of ether oxygens (including phenoxy) is 1. The fourth-order valence-electron chi connectivity index (χ4n) is 7.32. The van der Waals surface area contributed by atoms with E-state index in [1.165, 1.54) is 12.1 Å². The van der Waals surface area contributed by atoms with E-state index in [9.17, 15) is 18.0 Å². The second-order valence-corrected chi connectivity index (χ2v) is 12.9. The molecule has 1 saturated carbocycles. The Labute approximate surface area is 262 Å². The predicted octanol–water partition coefficient (Wildman–Crippen LogP) is 8.30. The van der Waals surface area contributed by atoms with Gasteiger partial charge in [0.2, 0.25) is 11.9 Å². The molecule has 2 atom stereocenters. The van der Waals surface area contributed by atoms with Crippen molar-refractivity contribution < 1.29 is 22.7 Å². The Morgan fingerprint density at radius 2 is 1.71 bits per heavy atom. The Morgan fingerprint density at radius 1 is 1.02 bits per heavy atom. The van der Waals surface area contributed by atoms with Gasteiger partial charge in [-0.05, 0) is 116 Å². The summed E-state index contributed by atoms with van der Waals surface area (Å²) in [5.74, 6) is 1.23. The molecule has 1 heterocycles. The molecule has 1 aliphatic carbocycles. The number of rotatable bonds is 10. The average Bonchev–Trinajstić information content (AvgIpc) is 3.34. The summed E-state index contributed by atoms with van der Waals surface area (Å²) in [7, 11) is 2.00. The quantitative estimate of drug-likeness (QED) is 0.166. The number of benzene rings is 3. The molecule has 10 heteroatoms. The van der Waals surface area contributed by atoms with Gasteiger partial charge in [-0.2, -0.15) is 0 Å². The topological polar surface area (TPSA) is 94.2 Å². The maximum absolute atomic E-state index is 12.8. The number of halogens is 3. The first-order valence-corrected chi connectivity index (χ1v) is 15.5. The fourth-order valence-corrected chi connectivity index (χ4v) is 7.32. The highest BCUT2D eigenvalue weighted by molar-refractivity contribution is 5.94. The molecule has 0 radical (unpaired) electrons. The molecule has 0 unspecified atom stereocenters. The Balaban J connectivity index is 1.61. The van der Waals surface area contributed by atoms with Crippen LogP contribution in [0.5, 0.6) is 5.75 Å². The maximum atomic E-state index is 12.8. The van der Waals surface area contributed by atoms with E-state index < -0.39 is 12.3 Å². The van der Waals surface area contributed by atoms with Crippen LogP contribution in [0.2, 0.25) is 0 Å². The Hall–Kier alpha value is -4.05. The van der Waals surface area contributed by atoms with Crippen molar-refractivity contribution in [2.75, 3.05) is 18.9 Å². The molecule has 0 saturated heterocycles. The third kappa shape index (κ3) is 6.96. The van der Waals surface area contributed by atoms with Gasteiger partial charge in [0.05, 0.1) is 11.0 Å². The van der Waals surface area contributed by atoms with Crippen molar-refractivity contribution >= 4 is 28.6 Å². The second kappa shape index (κ2) is 12.7. The number of hydrogen-bond acceptors (Lipinski definition) is 5. The first kappa shape index (κ1) is 32.3. The summed E-state index contributed by atoms with van der Waals surface area (Å²) in [5.41, 5.74) is 10.1. The number of hydrogen-bond donors (Lipinski definition) is 3. The standard InChI is InChI=1S/C35H42F3N5O2/c1-21(2)34(22(3)4)18-23(20-40-5)15-28(19-34)43-31-14-9-25(24-7-6-8-26(16-24)32(39)44)17-30(31)42-33(43)41-27-10-12-29(13-11-27)45-35(36,37)38/h6-14,16-17,21-23,28,40H,15,18-20H2,1-5H3,(H2,39,44)(H,41,42)/t23-,28+/m1/s1. The van der Waals surface area contributed by atoms with Crippen LogP contribution in [0.15, 0.2) is 66.7 Å². The van der Waals surface area contributed by atoms with E-state index >= 15 is 0 Å². The van der Waals surface area contributed by atoms with Crippen LogP contribution in [0.3, 0.4) is 0 Å². The number of amides is 1. The first-order chi connectivity index (χ1) is 21.3. The van der Waals surface area contributed by atoms with Crippen molar-refractivity contribution in [3.05, 3.63) is 72.3 Å². The molecule has 4 aromatic rings. The number of carbonyl (C=O) groups is 1. The van der Waals surface area contributed by atoms with Crippen LogP contribution in [-0.2, 0) is 0 Å². The second-order valence-electron chi connectivity index (χ2n) is 12.9. The Kier molecular flexibility index (Phi) is 9.16. The number of anilines is 2. The van der Waals surface area contributed by atoms with E-state index in [0.29, 0.717) is 35.0 Å². The van der Waals surface area contributed by atoms with Gasteiger partial charge in [0.1, 0.15) is 5.75 Å². The van der Waals surface area contributed by atoms with Crippen LogP contribution in [0.4, 0.5) is 24.8 Å². The molecule has 1 aliphatic rings. The Bertz CT molecular complexity index is 1640. The lowest BCUT2D eigenvalue weighted by Gasteiger charge is -2.50. The molecule has 1 aromatic heterocycles. The minimum absolute atomic E-state index is 0.115. The van der Waals surface area contributed by atoms with Crippen LogP contribution in [0.25, 0.3) is 22.2 Å². The van der Waals surface area contributed by atoms with Crippen LogP contribution in [0.1, 0.15) is 63.4 Å². The van der Waals surface area contributed by atoms with E-state index in [-0.39, 0.29) is 17.2 Å². The number of aromatic nitrogens is 2. The van der Waals surface area contributed by atoms with Gasteiger partial charge in [-0.25, -0.2) is 4.98 Å². The number of alkyl halides is 3. The van der Waals surface area contributed by atoms with E-state index in [1.807, 2.05) is 25.2 Å². The van der Waals surface area contributed by atoms with Gasteiger partial charge < -0.3 is 25.7 Å². The number of primary amides is 1. The minimum atomic E-state index is -4.76. The maximum Gasteiger partial charge on any atom is 0.573 e. The van der Waals surface area contributed by atoms with Gasteiger partial charge in [0, 0.05) is 17.3 Å². The molecule has 0 aliphatic heterocycles. The van der Waals surface area contributed by atoms with Crippen molar-refractivity contribution in [1.82, 2.24) is 14.9 Å². The summed E-state index contributed by atoms with van der Waals surface area (Å²) in [6.45, 7) is 10.2. The van der Waals surface area contributed by atoms with Gasteiger partial charge in [-0.15, -0.1) is 13.2 Å². The van der Waals surface area contributed by atoms with Crippen molar-refractivity contribution in [3.8, 4) is 16.9 Å². The lowest BCUT2D eigenvalue weighted by atomic mass is 9.57. The van der Waals surface area contributed by atoms with Gasteiger partial charge >= 0.3 is 6.36 Å². The molecule has 3 aromatic carbocycles. The van der Waals surface area contributed by atoms with Crippen LogP contribution < -0.4 is 21.1 Å². The number of carbonyl (C=O) groups excluding carboxylic acids is 1. The molecule has 0 bridgehead atoms. The smallest absolute Gasteiger partial charge is 0.406 e. The zero-order valence-electron chi connectivity index (χ0n) is 26.4. The van der Waals surface area contributed by atoms with E-state index in [0.717, 1.165) is 48.0 Å². The highest BCUT2D eigenvalue weighted by Gasteiger charge is 2.45. The number of imidazole rings is 1. The van der Waals surface area contributed by atoms with E-state index in [2.05, 4.69) is 53.7 Å². The van der Waals surface area contributed by atoms with Crippen molar-refractivity contribution in [1.29, 1.82) is 0 Å². The fraction of sp³-hybridized carbons (Fsp3) is 0.429. The zero-order valence-corrected chi connectivity index (χ0v) is 26.4. The van der Waals surface area contributed by atoms with E-state index in [1.54, 1.807) is 30.3 Å². The van der Waals surface area contributed by atoms with E-state index in [4.69, 9.17) is 10.7 Å². The van der Waals surface area contributed by atoms with Crippen LogP contribution >= 0.6 is 0 Å². The van der Waals surface area contributed by atoms with Gasteiger partial charge in [-0.3, -0.25) is 4.79 Å². The monoisotopic (exact) mass is 621 g/mol. The normalized spacial score (nSPS) is 18.4. The van der Waals surface area contributed by atoms with Crippen molar-refractivity contribution in [2.24, 2.45) is 28.9 Å². The van der Waals surface area contributed by atoms with Gasteiger partial charge in [0.15, 0.2) is 0 Å². The zero-order chi connectivity index (χ0) is 32.5. The number of fused-ring (bicyclic) bond motifs is 1. The summed E-state index contributed by atoms with van der Waals surface area (Å²) in [6.07, 6.45) is -1.69. The molecule has 4 N–H and O–H groups in total. The van der Waals surface area contributed by atoms with Gasteiger partial charge in [0.25, 0.3) is 0 Å². The molecule has 45 heavy (non-hydrogen) atoms. The molecular formula is C35H42F3N5O2. The minimum Gasteiger partial charge on any atom is -0.406 e. The third-order valence-corrected chi connectivity index (χ3v) is 9.56. The predicted molar refractivity (Wildman–Crippen MR) is 173 cm³/mol. The number of nitrogens with two attached hydrogens (primary N) is 1. The SMILES string of the molecule is CNC[C@@H]1C[C@H](n2c(Nc3ccc(OC(F)(F)F)cc3)nc3cc(-c4cccc(C(N)=O)c4)ccc32)CC(C(C)C)(C(C)C)C1. The largest absolute Gasteiger partial charge is 0.573 e. The van der Waals surface area contributed by atoms with Gasteiger partial charge in [-0.1, -0.05) is 45.9 Å². The number of nitrogens with one attached hydrogen (secondary N) is 2. The molecule has 240 valence electrons. The highest BCUT2D eigenvalue weighted by atomic mass is 19.4. The van der Waals surface area contributed by atoms with Crippen molar-refractivity contribution in [3.63, 3.8) is 0 Å². The summed E-state index contributed by atoms with van der Waals surface area (Å²) in [6, 6.07) is 19.1. The number of nitrogens with zero attached hydrogens (tertiary/aromatic N) is 2. The lowest BCUT2D eigenvalue weighted by molar-refractivity contribution is -0.274. The Morgan fingerprint density at radius 3 is 2.33 bits per heavy atom. The summed E-state index contributed by atoms with van der Waals surface area (Å²) < 4.78 is 44.6. The molecule has 5 rings (SSSR count). The van der Waals surface area contributed by atoms with Crippen molar-refractivity contribution in [2.45, 2.75) is 59.4 Å². The molecule has 1 fully saturated rings. The summed E-state index contributed by atoms with van der Waals surface area (Å²) in [4.78, 5) is 16.9. The van der Waals surface area contributed by atoms with Crippen LogP contribution in [0, 0.1) is 23.2 Å². The molecule has 7 nitrogen and oxygen atoms in total. The molecule has 0 spiro atoms. The average molecular weight is 622 g/mol. The molecular weight excluding hydrogens is 579 g/mol. The third-order valence-electron chi connectivity index (χ3n) is 9.56. The molecule has 1 amide bonds. The van der Waals surface area contributed by atoms with Crippen LogP contribution in [-0.4, -0.2) is 35.4 Å². The lowest BCUT2D eigenvalue weighted by Crippen LogP contribution is -2.44. The first-order valence-electron chi connectivity index (χ1n) is 15.5. The summed E-state index contributed by atoms with van der Waals surface area (Å²) in [5, 5.41) is 6.81. The highest BCUT2D eigenvalue weighted by Crippen LogP contribution is 2.54.